The van der Waals surface area contributed by atoms with Crippen LogP contribution in [-0.4, -0.2) is 18.4 Å². The minimum absolute atomic E-state index is 0.0873. The third-order valence-electron chi connectivity index (χ3n) is 5.82. The predicted molar refractivity (Wildman–Crippen MR) is 112 cm³/mol. The Morgan fingerprint density at radius 3 is 2.55 bits per heavy atom. The Bertz CT molecular complexity index is 1010. The second-order valence-corrected chi connectivity index (χ2v) is 7.98. The Morgan fingerprint density at radius 1 is 1.03 bits per heavy atom. The van der Waals surface area contributed by atoms with Gasteiger partial charge in [0.1, 0.15) is 5.58 Å². The molecule has 4 rings (SSSR count). The number of Topliss-reactive ketones (excluding diaryl/α,β-unsaturated/α-hetero) is 1. The summed E-state index contributed by atoms with van der Waals surface area (Å²) in [4.78, 5) is 24.6. The predicted octanol–water partition coefficient (Wildman–Crippen LogP) is 5.76. The maximum absolute atomic E-state index is 12.4. The molecular weight excluding hydrogens is 364 g/mol. The summed E-state index contributed by atoms with van der Waals surface area (Å²) < 4.78 is 10.7. The van der Waals surface area contributed by atoms with E-state index >= 15 is 0 Å². The molecule has 1 aliphatic rings. The summed E-state index contributed by atoms with van der Waals surface area (Å²) in [6.07, 6.45) is 8.02. The fourth-order valence-electron chi connectivity index (χ4n) is 4.14. The molecule has 1 saturated carbocycles. The van der Waals surface area contributed by atoms with Crippen molar-refractivity contribution in [3.63, 3.8) is 0 Å². The second kappa shape index (κ2) is 8.64. The molecule has 1 aliphatic carbocycles. The molecule has 150 valence electrons. The average molecular weight is 390 g/mol. The molecule has 1 heterocycles. The van der Waals surface area contributed by atoms with Gasteiger partial charge in [-0.05, 0) is 42.9 Å². The van der Waals surface area contributed by atoms with Gasteiger partial charge in [0.15, 0.2) is 12.4 Å². The summed E-state index contributed by atoms with van der Waals surface area (Å²) in [7, 11) is 0. The highest BCUT2D eigenvalue weighted by molar-refractivity contribution is 5.98. The zero-order chi connectivity index (χ0) is 20.2. The molecule has 1 fully saturated rings. The van der Waals surface area contributed by atoms with Gasteiger partial charge in [-0.15, -0.1) is 0 Å². The molecule has 3 aromatic rings. The maximum Gasteiger partial charge on any atom is 0.310 e. The van der Waals surface area contributed by atoms with Crippen LogP contribution < -0.4 is 0 Å². The smallest absolute Gasteiger partial charge is 0.310 e. The van der Waals surface area contributed by atoms with Gasteiger partial charge in [0.05, 0.1) is 12.7 Å². The number of fused-ring (bicyclic) bond motifs is 1. The molecule has 0 spiro atoms. The number of hydrogen-bond acceptors (Lipinski definition) is 4. The first-order chi connectivity index (χ1) is 14.1. The van der Waals surface area contributed by atoms with E-state index < -0.39 is 5.97 Å². The van der Waals surface area contributed by atoms with E-state index in [0.29, 0.717) is 11.5 Å². The number of ketones is 1. The van der Waals surface area contributed by atoms with Crippen LogP contribution in [0.3, 0.4) is 0 Å². The van der Waals surface area contributed by atoms with E-state index in [-0.39, 0.29) is 18.8 Å². The minimum Gasteiger partial charge on any atom is -0.464 e. The van der Waals surface area contributed by atoms with Crippen molar-refractivity contribution in [2.24, 2.45) is 0 Å². The van der Waals surface area contributed by atoms with Gasteiger partial charge in [-0.1, -0.05) is 55.7 Å². The molecular formula is C25H26O4. The molecule has 2 aromatic carbocycles. The normalized spacial score (nSPS) is 14.8. The van der Waals surface area contributed by atoms with Crippen molar-refractivity contribution in [2.45, 2.75) is 51.4 Å². The van der Waals surface area contributed by atoms with Crippen LogP contribution in [0, 0.1) is 6.92 Å². The molecule has 0 saturated heterocycles. The molecule has 29 heavy (non-hydrogen) atoms. The van der Waals surface area contributed by atoms with Gasteiger partial charge >= 0.3 is 5.97 Å². The topological polar surface area (TPSA) is 56.5 Å². The van der Waals surface area contributed by atoms with Gasteiger partial charge in [-0.25, -0.2) is 0 Å². The lowest BCUT2D eigenvalue weighted by atomic mass is 9.84. The molecule has 4 nitrogen and oxygen atoms in total. The van der Waals surface area contributed by atoms with E-state index in [9.17, 15) is 9.59 Å². The number of aryl methyl sites for hydroxylation is 1. The number of carbonyl (C=O) groups excluding carboxylic acids is 2. The number of benzene rings is 2. The SMILES string of the molecule is Cc1ccc2c(CC(=O)OCC(=O)c3ccc(C4CCCCC4)cc3)coc2c1. The van der Waals surface area contributed by atoms with Gasteiger partial charge in [0, 0.05) is 16.5 Å². The Hall–Kier alpha value is -2.88. The average Bonchev–Trinajstić information content (AvgIpc) is 3.14. The fraction of sp³-hybridized carbons (Fsp3) is 0.360. The van der Waals surface area contributed by atoms with Gasteiger partial charge in [0.2, 0.25) is 0 Å². The standard InChI is InChI=1S/C25H26O4/c1-17-7-12-22-21(15-28-24(22)13-17)14-25(27)29-16-23(26)20-10-8-19(9-11-20)18-5-3-2-4-6-18/h7-13,15,18H,2-6,14,16H2,1H3. The molecule has 0 unspecified atom stereocenters. The number of ether oxygens (including phenoxy) is 1. The molecule has 0 aliphatic heterocycles. The molecule has 0 radical (unpaired) electrons. The third-order valence-corrected chi connectivity index (χ3v) is 5.82. The lowest BCUT2D eigenvalue weighted by molar-refractivity contribution is -0.141. The first kappa shape index (κ1) is 19.4. The highest BCUT2D eigenvalue weighted by Crippen LogP contribution is 2.32. The van der Waals surface area contributed by atoms with E-state index in [1.54, 1.807) is 6.26 Å². The number of hydrogen-bond donors (Lipinski definition) is 0. The zero-order valence-electron chi connectivity index (χ0n) is 16.8. The van der Waals surface area contributed by atoms with Crippen LogP contribution in [0.2, 0.25) is 0 Å². The summed E-state index contributed by atoms with van der Waals surface area (Å²) in [6.45, 7) is 1.75. The molecule has 0 bridgehead atoms. The molecule has 1 aromatic heterocycles. The number of carbonyl (C=O) groups is 2. The van der Waals surface area contributed by atoms with Gasteiger partial charge in [-0.3, -0.25) is 9.59 Å². The van der Waals surface area contributed by atoms with Crippen LogP contribution in [0.15, 0.2) is 53.1 Å². The van der Waals surface area contributed by atoms with E-state index in [4.69, 9.17) is 9.15 Å². The van der Waals surface area contributed by atoms with E-state index in [1.807, 2.05) is 49.4 Å². The van der Waals surface area contributed by atoms with Crippen LogP contribution in [0.25, 0.3) is 11.0 Å². The lowest BCUT2D eigenvalue weighted by Crippen LogP contribution is -2.15. The lowest BCUT2D eigenvalue weighted by Gasteiger charge is -2.22. The highest BCUT2D eigenvalue weighted by Gasteiger charge is 2.17. The van der Waals surface area contributed by atoms with Crippen molar-refractivity contribution in [1.82, 2.24) is 0 Å². The molecule has 0 amide bonds. The maximum atomic E-state index is 12.4. The van der Waals surface area contributed by atoms with Crippen LogP contribution >= 0.6 is 0 Å². The number of furan rings is 1. The van der Waals surface area contributed by atoms with E-state index in [1.165, 1.54) is 37.7 Å². The minimum atomic E-state index is -0.430. The van der Waals surface area contributed by atoms with E-state index in [2.05, 4.69) is 0 Å². The molecule has 4 heteroatoms. The Labute approximate surface area is 170 Å². The first-order valence-corrected chi connectivity index (χ1v) is 10.4. The van der Waals surface area contributed by atoms with Gasteiger partial charge in [-0.2, -0.15) is 0 Å². The Kier molecular flexibility index (Phi) is 5.79. The largest absolute Gasteiger partial charge is 0.464 e. The summed E-state index contributed by atoms with van der Waals surface area (Å²) in [5.41, 5.74) is 4.51. The van der Waals surface area contributed by atoms with Crippen molar-refractivity contribution in [1.29, 1.82) is 0 Å². The summed E-state index contributed by atoms with van der Waals surface area (Å²) >= 11 is 0. The first-order valence-electron chi connectivity index (χ1n) is 10.4. The van der Waals surface area contributed by atoms with Crippen LogP contribution in [-0.2, 0) is 16.0 Å². The quantitative estimate of drug-likeness (QED) is 0.397. The van der Waals surface area contributed by atoms with Crippen LogP contribution in [0.1, 0.15) is 65.1 Å². The van der Waals surface area contributed by atoms with E-state index in [0.717, 1.165) is 22.1 Å². The zero-order valence-corrected chi connectivity index (χ0v) is 16.8. The van der Waals surface area contributed by atoms with Crippen LogP contribution in [0.5, 0.6) is 0 Å². The number of esters is 1. The summed E-state index contributed by atoms with van der Waals surface area (Å²) in [5, 5.41) is 0.900. The van der Waals surface area contributed by atoms with Gasteiger partial charge in [0.25, 0.3) is 0 Å². The fourth-order valence-corrected chi connectivity index (χ4v) is 4.14. The van der Waals surface area contributed by atoms with Crippen molar-refractivity contribution >= 4 is 22.7 Å². The third kappa shape index (κ3) is 4.58. The highest BCUT2D eigenvalue weighted by atomic mass is 16.5. The van der Waals surface area contributed by atoms with Crippen LogP contribution in [0.4, 0.5) is 0 Å². The Morgan fingerprint density at radius 2 is 1.79 bits per heavy atom. The summed E-state index contributed by atoms with van der Waals surface area (Å²) in [5.74, 6) is 0.000900. The van der Waals surface area contributed by atoms with Crippen molar-refractivity contribution in [3.8, 4) is 0 Å². The number of rotatable bonds is 6. The summed E-state index contributed by atoms with van der Waals surface area (Å²) in [6, 6.07) is 13.7. The van der Waals surface area contributed by atoms with Crippen molar-refractivity contribution < 1.29 is 18.7 Å². The van der Waals surface area contributed by atoms with Gasteiger partial charge < -0.3 is 9.15 Å². The molecule has 0 N–H and O–H groups in total. The molecule has 0 atom stereocenters. The second-order valence-electron chi connectivity index (χ2n) is 7.98. The monoisotopic (exact) mass is 390 g/mol. The van der Waals surface area contributed by atoms with Crippen molar-refractivity contribution in [3.05, 3.63) is 71.0 Å². The van der Waals surface area contributed by atoms with Crippen molar-refractivity contribution in [2.75, 3.05) is 6.61 Å². The Balaban J connectivity index is 1.32.